The summed E-state index contributed by atoms with van der Waals surface area (Å²) in [6, 6.07) is 3.48. The standard InChI is InChI=1S/C18H25N3O3/c1-11-3-6-15(17(23)19-11)18(24)21-9-7-13(8-10-21)12(2)20-16(22)14-4-5-14/h3,6,12-14H,4-5,7-10H2,1-2H3,(H,19,23)(H,20,22)/t12-/m0/s1. The number of aromatic nitrogens is 1. The molecule has 1 aliphatic heterocycles. The highest BCUT2D eigenvalue weighted by Gasteiger charge is 2.33. The summed E-state index contributed by atoms with van der Waals surface area (Å²) in [4.78, 5) is 40.7. The van der Waals surface area contributed by atoms with Gasteiger partial charge in [-0.1, -0.05) is 0 Å². The Bertz CT molecular complexity index is 685. The van der Waals surface area contributed by atoms with Gasteiger partial charge in [0.1, 0.15) is 5.56 Å². The zero-order valence-electron chi connectivity index (χ0n) is 14.3. The van der Waals surface area contributed by atoms with Gasteiger partial charge in [0.05, 0.1) is 0 Å². The molecule has 1 aromatic rings. The Balaban J connectivity index is 1.55. The number of pyridine rings is 1. The lowest BCUT2D eigenvalue weighted by Crippen LogP contribution is -2.46. The van der Waals surface area contributed by atoms with E-state index >= 15 is 0 Å². The lowest BCUT2D eigenvalue weighted by Gasteiger charge is -2.35. The molecule has 0 aromatic carbocycles. The fourth-order valence-electron chi connectivity index (χ4n) is 3.32. The molecule has 2 heterocycles. The van der Waals surface area contributed by atoms with E-state index in [2.05, 4.69) is 10.3 Å². The second-order valence-electron chi connectivity index (χ2n) is 7.09. The van der Waals surface area contributed by atoms with E-state index in [1.54, 1.807) is 24.0 Å². The summed E-state index contributed by atoms with van der Waals surface area (Å²) >= 11 is 0. The van der Waals surface area contributed by atoms with E-state index in [1.165, 1.54) is 0 Å². The van der Waals surface area contributed by atoms with Crippen molar-refractivity contribution in [3.63, 3.8) is 0 Å². The number of piperidine rings is 1. The summed E-state index contributed by atoms with van der Waals surface area (Å²) in [6.07, 6.45) is 3.72. The molecule has 0 radical (unpaired) electrons. The Labute approximate surface area is 141 Å². The number of H-pyrrole nitrogens is 1. The van der Waals surface area contributed by atoms with Gasteiger partial charge in [-0.3, -0.25) is 14.4 Å². The van der Waals surface area contributed by atoms with Gasteiger partial charge in [0, 0.05) is 30.7 Å². The highest BCUT2D eigenvalue weighted by atomic mass is 16.2. The number of likely N-dealkylation sites (tertiary alicyclic amines) is 1. The highest BCUT2D eigenvalue weighted by Crippen LogP contribution is 2.30. The number of hydrogen-bond donors (Lipinski definition) is 2. The summed E-state index contributed by atoms with van der Waals surface area (Å²) < 4.78 is 0. The molecule has 2 N–H and O–H groups in total. The number of carbonyl (C=O) groups excluding carboxylic acids is 2. The quantitative estimate of drug-likeness (QED) is 0.876. The molecule has 1 aliphatic carbocycles. The maximum absolute atomic E-state index is 12.5. The first-order valence-electron chi connectivity index (χ1n) is 8.75. The van der Waals surface area contributed by atoms with Crippen LogP contribution in [0.15, 0.2) is 16.9 Å². The lowest BCUT2D eigenvalue weighted by atomic mass is 9.90. The van der Waals surface area contributed by atoms with Gasteiger partial charge in [-0.15, -0.1) is 0 Å². The van der Waals surface area contributed by atoms with Crippen molar-refractivity contribution in [1.82, 2.24) is 15.2 Å². The predicted molar refractivity (Wildman–Crippen MR) is 90.8 cm³/mol. The summed E-state index contributed by atoms with van der Waals surface area (Å²) in [5.41, 5.74) is 0.622. The second-order valence-corrected chi connectivity index (χ2v) is 7.09. The number of hydrogen-bond acceptors (Lipinski definition) is 3. The Kier molecular flexibility index (Phi) is 4.73. The molecule has 2 amide bonds. The fraction of sp³-hybridized carbons (Fsp3) is 0.611. The monoisotopic (exact) mass is 331 g/mol. The fourth-order valence-corrected chi connectivity index (χ4v) is 3.32. The first-order valence-corrected chi connectivity index (χ1v) is 8.75. The minimum atomic E-state index is -0.327. The second kappa shape index (κ2) is 6.79. The lowest BCUT2D eigenvalue weighted by molar-refractivity contribution is -0.123. The van der Waals surface area contributed by atoms with Gasteiger partial charge in [-0.05, 0) is 57.6 Å². The van der Waals surface area contributed by atoms with Gasteiger partial charge < -0.3 is 15.2 Å². The predicted octanol–water partition coefficient (Wildman–Crippen LogP) is 1.45. The van der Waals surface area contributed by atoms with Gasteiger partial charge in [0.15, 0.2) is 0 Å². The molecule has 1 saturated carbocycles. The minimum absolute atomic E-state index is 0.137. The summed E-state index contributed by atoms with van der Waals surface area (Å²) in [5, 5.41) is 3.11. The SMILES string of the molecule is Cc1ccc(C(=O)N2CCC([C@H](C)NC(=O)C3CC3)CC2)c(=O)[nH]1. The van der Waals surface area contributed by atoms with Crippen LogP contribution < -0.4 is 10.9 Å². The van der Waals surface area contributed by atoms with Gasteiger partial charge >= 0.3 is 0 Å². The smallest absolute Gasteiger partial charge is 0.260 e. The van der Waals surface area contributed by atoms with Gasteiger partial charge in [0.25, 0.3) is 11.5 Å². The minimum Gasteiger partial charge on any atom is -0.353 e. The van der Waals surface area contributed by atoms with Crippen molar-refractivity contribution in [2.45, 2.75) is 45.6 Å². The highest BCUT2D eigenvalue weighted by molar-refractivity contribution is 5.93. The van der Waals surface area contributed by atoms with Crippen LogP contribution in [0.25, 0.3) is 0 Å². The first-order chi connectivity index (χ1) is 11.5. The van der Waals surface area contributed by atoms with Crippen molar-refractivity contribution in [2.75, 3.05) is 13.1 Å². The molecule has 3 rings (SSSR count). The third kappa shape index (κ3) is 3.68. The van der Waals surface area contributed by atoms with Crippen molar-refractivity contribution in [2.24, 2.45) is 11.8 Å². The van der Waals surface area contributed by atoms with Crippen LogP contribution in [0.3, 0.4) is 0 Å². The third-order valence-corrected chi connectivity index (χ3v) is 5.14. The van der Waals surface area contributed by atoms with E-state index in [0.29, 0.717) is 19.0 Å². The molecule has 0 bridgehead atoms. The number of amides is 2. The number of aryl methyl sites for hydroxylation is 1. The Hall–Kier alpha value is -2.11. The molecule has 0 spiro atoms. The largest absolute Gasteiger partial charge is 0.353 e. The Morgan fingerprint density at radius 1 is 1.21 bits per heavy atom. The maximum Gasteiger partial charge on any atom is 0.260 e. The van der Waals surface area contributed by atoms with E-state index in [4.69, 9.17) is 0 Å². The third-order valence-electron chi connectivity index (χ3n) is 5.14. The van der Waals surface area contributed by atoms with Crippen molar-refractivity contribution in [3.05, 3.63) is 33.7 Å². The number of nitrogens with one attached hydrogen (secondary N) is 2. The Morgan fingerprint density at radius 3 is 2.46 bits per heavy atom. The van der Waals surface area contributed by atoms with E-state index in [0.717, 1.165) is 31.4 Å². The van der Waals surface area contributed by atoms with Crippen LogP contribution in [0.4, 0.5) is 0 Å². The Morgan fingerprint density at radius 2 is 1.88 bits per heavy atom. The van der Waals surface area contributed by atoms with Crippen LogP contribution in [0.2, 0.25) is 0 Å². The van der Waals surface area contributed by atoms with Crippen molar-refractivity contribution < 1.29 is 9.59 Å². The van der Waals surface area contributed by atoms with Crippen LogP contribution >= 0.6 is 0 Å². The molecule has 130 valence electrons. The molecule has 1 saturated heterocycles. The normalized spacial score (nSPS) is 19.8. The number of carbonyl (C=O) groups is 2. The maximum atomic E-state index is 12.5. The van der Waals surface area contributed by atoms with Crippen molar-refractivity contribution >= 4 is 11.8 Å². The zero-order valence-corrected chi connectivity index (χ0v) is 14.3. The van der Waals surface area contributed by atoms with Crippen LogP contribution in [0, 0.1) is 18.8 Å². The van der Waals surface area contributed by atoms with Crippen molar-refractivity contribution in [3.8, 4) is 0 Å². The van der Waals surface area contributed by atoms with Crippen LogP contribution in [-0.4, -0.2) is 40.8 Å². The average molecular weight is 331 g/mol. The first kappa shape index (κ1) is 16.7. The topological polar surface area (TPSA) is 82.3 Å². The molecule has 0 unspecified atom stereocenters. The van der Waals surface area contributed by atoms with E-state index in [1.807, 2.05) is 6.92 Å². The molecular weight excluding hydrogens is 306 g/mol. The number of rotatable bonds is 4. The average Bonchev–Trinajstić information content (AvgIpc) is 3.39. The summed E-state index contributed by atoms with van der Waals surface area (Å²) in [5.74, 6) is 0.576. The molecule has 1 atom stereocenters. The number of aromatic amines is 1. The molecule has 1 aromatic heterocycles. The molecule has 24 heavy (non-hydrogen) atoms. The summed E-state index contributed by atoms with van der Waals surface area (Å²) in [6.45, 7) is 5.09. The van der Waals surface area contributed by atoms with Crippen LogP contribution in [0.1, 0.15) is 48.7 Å². The molecule has 6 heteroatoms. The zero-order chi connectivity index (χ0) is 17.3. The molecule has 2 aliphatic rings. The number of nitrogens with zero attached hydrogens (tertiary/aromatic N) is 1. The van der Waals surface area contributed by atoms with Crippen molar-refractivity contribution in [1.29, 1.82) is 0 Å². The van der Waals surface area contributed by atoms with Gasteiger partial charge in [0.2, 0.25) is 5.91 Å². The molecule has 2 fully saturated rings. The van der Waals surface area contributed by atoms with Gasteiger partial charge in [-0.2, -0.15) is 0 Å². The van der Waals surface area contributed by atoms with Gasteiger partial charge in [-0.25, -0.2) is 0 Å². The summed E-state index contributed by atoms with van der Waals surface area (Å²) in [7, 11) is 0. The van der Waals surface area contributed by atoms with Crippen LogP contribution in [0.5, 0.6) is 0 Å². The van der Waals surface area contributed by atoms with E-state index in [9.17, 15) is 14.4 Å². The van der Waals surface area contributed by atoms with E-state index in [-0.39, 0.29) is 34.9 Å². The van der Waals surface area contributed by atoms with E-state index < -0.39 is 0 Å². The molecule has 6 nitrogen and oxygen atoms in total. The molecular formula is C18H25N3O3. The van der Waals surface area contributed by atoms with Crippen LogP contribution in [-0.2, 0) is 4.79 Å².